The molecule has 27 heavy (non-hydrogen) atoms. The number of ether oxygens (including phenoxy) is 1. The molecule has 5 heteroatoms. The Labute approximate surface area is 159 Å². The van der Waals surface area contributed by atoms with Crippen molar-refractivity contribution in [2.24, 2.45) is 5.92 Å². The van der Waals surface area contributed by atoms with E-state index in [9.17, 15) is 4.79 Å². The molecule has 1 saturated heterocycles. The molecule has 0 aliphatic carbocycles. The summed E-state index contributed by atoms with van der Waals surface area (Å²) in [6.45, 7) is 3.45. The van der Waals surface area contributed by atoms with Crippen molar-refractivity contribution in [1.82, 2.24) is 15.3 Å². The van der Waals surface area contributed by atoms with Gasteiger partial charge in [-0.3, -0.25) is 4.79 Å². The van der Waals surface area contributed by atoms with Gasteiger partial charge in [-0.15, -0.1) is 0 Å². The van der Waals surface area contributed by atoms with Gasteiger partial charge in [0.05, 0.1) is 17.1 Å². The highest BCUT2D eigenvalue weighted by atomic mass is 16.5. The summed E-state index contributed by atoms with van der Waals surface area (Å²) in [5.41, 5.74) is 4.35. The lowest BCUT2D eigenvalue weighted by molar-refractivity contribution is -0.121. The van der Waals surface area contributed by atoms with E-state index >= 15 is 0 Å². The van der Waals surface area contributed by atoms with Crippen LogP contribution in [-0.4, -0.2) is 29.0 Å². The van der Waals surface area contributed by atoms with Gasteiger partial charge in [0.25, 0.3) is 0 Å². The van der Waals surface area contributed by atoms with Crippen molar-refractivity contribution in [3.63, 3.8) is 0 Å². The fourth-order valence-electron chi connectivity index (χ4n) is 3.76. The second-order valence-electron chi connectivity index (χ2n) is 7.21. The molecule has 1 aliphatic rings. The number of hydrogen-bond acceptors (Lipinski definition) is 3. The third-order valence-corrected chi connectivity index (χ3v) is 5.26. The minimum Gasteiger partial charge on any atom is -0.373 e. The number of rotatable bonds is 6. The summed E-state index contributed by atoms with van der Waals surface area (Å²) in [6, 6.07) is 16.3. The van der Waals surface area contributed by atoms with E-state index in [-0.39, 0.29) is 12.0 Å². The van der Waals surface area contributed by atoms with Crippen LogP contribution in [-0.2, 0) is 16.0 Å². The van der Waals surface area contributed by atoms with Gasteiger partial charge >= 0.3 is 0 Å². The molecule has 2 N–H and O–H groups in total. The maximum atomic E-state index is 12.3. The SMILES string of the molecule is Cc1cccc2[nH]c(CCC(=O)NC[C@@H]3CCO[C@H]3c3ccccc3)nc12. The molecule has 2 aromatic carbocycles. The number of nitrogens with one attached hydrogen (secondary N) is 2. The molecule has 5 nitrogen and oxygen atoms in total. The van der Waals surface area contributed by atoms with E-state index in [1.807, 2.05) is 43.3 Å². The quantitative estimate of drug-likeness (QED) is 0.702. The molecule has 0 spiro atoms. The number of nitrogens with zero attached hydrogens (tertiary/aromatic N) is 1. The molecule has 2 atom stereocenters. The van der Waals surface area contributed by atoms with Crippen molar-refractivity contribution in [1.29, 1.82) is 0 Å². The maximum absolute atomic E-state index is 12.3. The number of imidazole rings is 1. The summed E-state index contributed by atoms with van der Waals surface area (Å²) >= 11 is 0. The first-order chi connectivity index (χ1) is 13.2. The molecule has 0 unspecified atom stereocenters. The normalized spacial score (nSPS) is 19.4. The van der Waals surface area contributed by atoms with Crippen LogP contribution in [0.15, 0.2) is 48.5 Å². The van der Waals surface area contributed by atoms with Crippen LogP contribution in [0.4, 0.5) is 0 Å². The largest absolute Gasteiger partial charge is 0.373 e. The summed E-state index contributed by atoms with van der Waals surface area (Å²) in [5, 5.41) is 3.08. The Balaban J connectivity index is 1.29. The molecule has 0 bridgehead atoms. The highest BCUT2D eigenvalue weighted by Gasteiger charge is 2.29. The summed E-state index contributed by atoms with van der Waals surface area (Å²) in [4.78, 5) is 20.2. The van der Waals surface area contributed by atoms with Crippen LogP contribution in [0.5, 0.6) is 0 Å². The number of fused-ring (bicyclic) bond motifs is 1. The number of aryl methyl sites for hydroxylation is 2. The van der Waals surface area contributed by atoms with Crippen molar-refractivity contribution in [3.8, 4) is 0 Å². The van der Waals surface area contributed by atoms with Gasteiger partial charge in [0.1, 0.15) is 5.82 Å². The number of benzene rings is 2. The molecule has 4 rings (SSSR count). The van der Waals surface area contributed by atoms with Crippen LogP contribution in [0.3, 0.4) is 0 Å². The monoisotopic (exact) mass is 363 g/mol. The Morgan fingerprint density at radius 1 is 1.22 bits per heavy atom. The zero-order valence-electron chi connectivity index (χ0n) is 15.6. The van der Waals surface area contributed by atoms with Gasteiger partial charge < -0.3 is 15.0 Å². The number of H-pyrrole nitrogens is 1. The molecule has 0 radical (unpaired) electrons. The van der Waals surface area contributed by atoms with Gasteiger partial charge in [0.2, 0.25) is 5.91 Å². The average Bonchev–Trinajstić information content (AvgIpc) is 3.33. The fraction of sp³-hybridized carbons (Fsp3) is 0.364. The lowest BCUT2D eigenvalue weighted by Crippen LogP contribution is -2.30. The second-order valence-corrected chi connectivity index (χ2v) is 7.21. The highest BCUT2D eigenvalue weighted by Crippen LogP contribution is 2.33. The first-order valence-electron chi connectivity index (χ1n) is 9.58. The van der Waals surface area contributed by atoms with Gasteiger partial charge in [-0.25, -0.2) is 4.98 Å². The molecule has 140 valence electrons. The van der Waals surface area contributed by atoms with E-state index in [1.54, 1.807) is 0 Å². The molecule has 2 heterocycles. The third kappa shape index (κ3) is 4.03. The maximum Gasteiger partial charge on any atom is 0.220 e. The van der Waals surface area contributed by atoms with Gasteiger partial charge in [-0.2, -0.15) is 0 Å². The van der Waals surface area contributed by atoms with Gasteiger partial charge in [-0.1, -0.05) is 42.5 Å². The van der Waals surface area contributed by atoms with E-state index in [1.165, 1.54) is 5.56 Å². The van der Waals surface area contributed by atoms with Crippen molar-refractivity contribution >= 4 is 16.9 Å². The van der Waals surface area contributed by atoms with E-state index < -0.39 is 0 Å². The Kier molecular flexibility index (Phi) is 5.21. The van der Waals surface area contributed by atoms with Crippen molar-refractivity contribution < 1.29 is 9.53 Å². The number of para-hydroxylation sites is 1. The standard InChI is InChI=1S/C22H25N3O2/c1-15-6-5-9-18-21(15)25-19(24-18)10-11-20(26)23-14-17-12-13-27-22(17)16-7-3-2-4-8-16/h2-9,17,22H,10-14H2,1H3,(H,23,26)(H,24,25)/t17-,22-/m0/s1. The third-order valence-electron chi connectivity index (χ3n) is 5.26. The second kappa shape index (κ2) is 7.92. The minimum absolute atomic E-state index is 0.0610. The van der Waals surface area contributed by atoms with Crippen molar-refractivity contribution in [2.75, 3.05) is 13.2 Å². The predicted octanol–water partition coefficient (Wildman–Crippen LogP) is 3.70. The van der Waals surface area contributed by atoms with Gasteiger partial charge in [-0.05, 0) is 30.5 Å². The summed E-state index contributed by atoms with van der Waals surface area (Å²) in [5.74, 6) is 1.25. The van der Waals surface area contributed by atoms with E-state index in [0.717, 1.165) is 35.4 Å². The van der Waals surface area contributed by atoms with Crippen molar-refractivity contribution in [3.05, 3.63) is 65.5 Å². The van der Waals surface area contributed by atoms with Gasteiger partial charge in [0, 0.05) is 31.9 Å². The molecule has 0 saturated carbocycles. The van der Waals surface area contributed by atoms with E-state index in [2.05, 4.69) is 27.4 Å². The number of carbonyl (C=O) groups excluding carboxylic acids is 1. The first-order valence-corrected chi connectivity index (χ1v) is 9.58. The predicted molar refractivity (Wildman–Crippen MR) is 105 cm³/mol. The van der Waals surface area contributed by atoms with Crippen LogP contribution in [0.2, 0.25) is 0 Å². The Bertz CT molecular complexity index is 920. The summed E-state index contributed by atoms with van der Waals surface area (Å²) in [7, 11) is 0. The number of hydrogen-bond donors (Lipinski definition) is 2. The molecular weight excluding hydrogens is 338 g/mol. The Hall–Kier alpha value is -2.66. The lowest BCUT2D eigenvalue weighted by atomic mass is 9.95. The topological polar surface area (TPSA) is 67.0 Å². The smallest absolute Gasteiger partial charge is 0.220 e. The minimum atomic E-state index is 0.0610. The van der Waals surface area contributed by atoms with Crippen LogP contribution in [0.1, 0.15) is 35.9 Å². The Morgan fingerprint density at radius 2 is 2.07 bits per heavy atom. The van der Waals surface area contributed by atoms with Crippen LogP contribution < -0.4 is 5.32 Å². The highest BCUT2D eigenvalue weighted by molar-refractivity contribution is 5.79. The molecule has 1 fully saturated rings. The average molecular weight is 363 g/mol. The van der Waals surface area contributed by atoms with E-state index in [4.69, 9.17) is 4.74 Å². The summed E-state index contributed by atoms with van der Waals surface area (Å²) < 4.78 is 5.89. The molecule has 1 aromatic heterocycles. The number of aromatic nitrogens is 2. The van der Waals surface area contributed by atoms with Crippen LogP contribution in [0.25, 0.3) is 11.0 Å². The fourth-order valence-corrected chi connectivity index (χ4v) is 3.76. The molecule has 3 aromatic rings. The number of aromatic amines is 1. The van der Waals surface area contributed by atoms with Crippen LogP contribution >= 0.6 is 0 Å². The zero-order chi connectivity index (χ0) is 18.6. The lowest BCUT2D eigenvalue weighted by Gasteiger charge is -2.19. The molecule has 1 amide bonds. The number of carbonyl (C=O) groups is 1. The molecular formula is C22H25N3O2. The van der Waals surface area contributed by atoms with Crippen LogP contribution in [0, 0.1) is 12.8 Å². The van der Waals surface area contributed by atoms with Crippen molar-refractivity contribution in [2.45, 2.75) is 32.3 Å². The molecule has 1 aliphatic heterocycles. The zero-order valence-corrected chi connectivity index (χ0v) is 15.6. The summed E-state index contributed by atoms with van der Waals surface area (Å²) in [6.07, 6.45) is 2.10. The van der Waals surface area contributed by atoms with E-state index in [0.29, 0.717) is 25.3 Å². The Morgan fingerprint density at radius 3 is 2.89 bits per heavy atom. The number of amides is 1. The van der Waals surface area contributed by atoms with Gasteiger partial charge in [0.15, 0.2) is 0 Å². The first kappa shape index (κ1) is 17.7.